The SMILES string of the molecule is COCCCCC(Br)C1CCCC1. The van der Waals surface area contributed by atoms with Gasteiger partial charge in [-0.3, -0.25) is 0 Å². The first-order valence-electron chi connectivity index (χ1n) is 5.47. The number of alkyl halides is 1. The normalized spacial score (nSPS) is 20.8. The van der Waals surface area contributed by atoms with Gasteiger partial charge in [-0.25, -0.2) is 0 Å². The van der Waals surface area contributed by atoms with Crippen LogP contribution in [0.25, 0.3) is 0 Å². The van der Waals surface area contributed by atoms with Crippen LogP contribution in [-0.2, 0) is 4.74 Å². The van der Waals surface area contributed by atoms with Gasteiger partial charge in [-0.05, 0) is 31.6 Å². The monoisotopic (exact) mass is 248 g/mol. The van der Waals surface area contributed by atoms with Crippen LogP contribution in [0.2, 0.25) is 0 Å². The average molecular weight is 249 g/mol. The fourth-order valence-corrected chi connectivity index (χ4v) is 2.99. The number of methoxy groups -OCH3 is 1. The standard InChI is InChI=1S/C11H21BrO/c1-13-9-5-4-8-11(12)10-6-2-3-7-10/h10-11H,2-9H2,1H3. The number of halogens is 1. The van der Waals surface area contributed by atoms with Gasteiger partial charge in [-0.1, -0.05) is 35.2 Å². The highest BCUT2D eigenvalue weighted by atomic mass is 79.9. The summed E-state index contributed by atoms with van der Waals surface area (Å²) in [7, 11) is 1.78. The molecule has 1 aliphatic carbocycles. The molecular formula is C11H21BrO. The molecule has 13 heavy (non-hydrogen) atoms. The van der Waals surface area contributed by atoms with Gasteiger partial charge in [-0.15, -0.1) is 0 Å². The van der Waals surface area contributed by atoms with Crippen molar-refractivity contribution in [1.82, 2.24) is 0 Å². The van der Waals surface area contributed by atoms with Crippen LogP contribution < -0.4 is 0 Å². The van der Waals surface area contributed by atoms with E-state index in [1.165, 1.54) is 44.9 Å². The fraction of sp³-hybridized carbons (Fsp3) is 1.00. The van der Waals surface area contributed by atoms with E-state index in [4.69, 9.17) is 4.74 Å². The minimum Gasteiger partial charge on any atom is -0.385 e. The summed E-state index contributed by atoms with van der Waals surface area (Å²) < 4.78 is 5.03. The Labute approximate surface area is 90.4 Å². The van der Waals surface area contributed by atoms with Crippen molar-refractivity contribution in [3.63, 3.8) is 0 Å². The Morgan fingerprint density at radius 1 is 1.31 bits per heavy atom. The lowest BCUT2D eigenvalue weighted by molar-refractivity contribution is 0.191. The van der Waals surface area contributed by atoms with Gasteiger partial charge in [0.05, 0.1) is 0 Å². The van der Waals surface area contributed by atoms with E-state index in [0.29, 0.717) is 0 Å². The van der Waals surface area contributed by atoms with Crippen LogP contribution in [0.5, 0.6) is 0 Å². The molecule has 0 N–H and O–H groups in total. The second kappa shape index (κ2) is 6.83. The fourth-order valence-electron chi connectivity index (χ4n) is 2.14. The summed E-state index contributed by atoms with van der Waals surface area (Å²) in [6, 6.07) is 0. The molecule has 78 valence electrons. The zero-order chi connectivity index (χ0) is 9.52. The molecule has 0 spiro atoms. The van der Waals surface area contributed by atoms with Crippen LogP contribution in [-0.4, -0.2) is 18.5 Å². The van der Waals surface area contributed by atoms with Crippen LogP contribution in [0.3, 0.4) is 0 Å². The van der Waals surface area contributed by atoms with Gasteiger partial charge in [0.1, 0.15) is 0 Å². The van der Waals surface area contributed by atoms with Crippen molar-refractivity contribution in [2.75, 3.05) is 13.7 Å². The Balaban J connectivity index is 1.99. The third-order valence-corrected chi connectivity index (χ3v) is 4.20. The number of hydrogen-bond donors (Lipinski definition) is 0. The molecule has 1 atom stereocenters. The number of hydrogen-bond acceptors (Lipinski definition) is 1. The molecule has 1 nitrogen and oxygen atoms in total. The van der Waals surface area contributed by atoms with Crippen molar-refractivity contribution in [3.05, 3.63) is 0 Å². The molecule has 1 saturated carbocycles. The maximum atomic E-state index is 5.03. The Morgan fingerprint density at radius 3 is 2.62 bits per heavy atom. The molecule has 2 heteroatoms. The van der Waals surface area contributed by atoms with Crippen LogP contribution in [0.15, 0.2) is 0 Å². The molecule has 1 rings (SSSR count). The highest BCUT2D eigenvalue weighted by Gasteiger charge is 2.21. The summed E-state index contributed by atoms with van der Waals surface area (Å²) in [4.78, 5) is 0.770. The largest absolute Gasteiger partial charge is 0.385 e. The Kier molecular flexibility index (Phi) is 6.05. The maximum Gasteiger partial charge on any atom is 0.0462 e. The van der Waals surface area contributed by atoms with E-state index >= 15 is 0 Å². The van der Waals surface area contributed by atoms with Gasteiger partial charge in [-0.2, -0.15) is 0 Å². The lowest BCUT2D eigenvalue weighted by Gasteiger charge is -2.16. The third kappa shape index (κ3) is 4.46. The Hall–Kier alpha value is 0.440. The average Bonchev–Trinajstić information content (AvgIpc) is 2.65. The summed E-state index contributed by atoms with van der Waals surface area (Å²) in [6.07, 6.45) is 9.63. The highest BCUT2D eigenvalue weighted by Crippen LogP contribution is 2.33. The second-order valence-corrected chi connectivity index (χ2v) is 5.23. The van der Waals surface area contributed by atoms with Gasteiger partial charge in [0.15, 0.2) is 0 Å². The lowest BCUT2D eigenvalue weighted by atomic mass is 10.00. The number of unbranched alkanes of at least 4 members (excludes halogenated alkanes) is 1. The Morgan fingerprint density at radius 2 is 2.00 bits per heavy atom. The topological polar surface area (TPSA) is 9.23 Å². The molecule has 0 saturated heterocycles. The zero-order valence-electron chi connectivity index (χ0n) is 8.60. The summed E-state index contributed by atoms with van der Waals surface area (Å²) in [5, 5.41) is 0. The molecule has 0 aromatic heterocycles. The van der Waals surface area contributed by atoms with Crippen molar-refractivity contribution >= 4 is 15.9 Å². The van der Waals surface area contributed by atoms with Gasteiger partial charge in [0, 0.05) is 18.5 Å². The van der Waals surface area contributed by atoms with Gasteiger partial charge >= 0.3 is 0 Å². The first kappa shape index (κ1) is 11.5. The van der Waals surface area contributed by atoms with E-state index < -0.39 is 0 Å². The lowest BCUT2D eigenvalue weighted by Crippen LogP contribution is -2.10. The van der Waals surface area contributed by atoms with Gasteiger partial charge < -0.3 is 4.74 Å². The molecule has 1 aliphatic rings. The van der Waals surface area contributed by atoms with E-state index in [1.54, 1.807) is 7.11 Å². The Bertz CT molecular complexity index is 121. The first-order chi connectivity index (χ1) is 6.34. The molecule has 0 amide bonds. The number of rotatable bonds is 6. The van der Waals surface area contributed by atoms with Crippen molar-refractivity contribution in [3.8, 4) is 0 Å². The second-order valence-electron chi connectivity index (χ2n) is 4.05. The van der Waals surface area contributed by atoms with Crippen LogP contribution >= 0.6 is 15.9 Å². The minimum absolute atomic E-state index is 0.770. The predicted molar refractivity (Wildman–Crippen MR) is 60.4 cm³/mol. The third-order valence-electron chi connectivity index (χ3n) is 2.99. The van der Waals surface area contributed by atoms with E-state index in [2.05, 4.69) is 15.9 Å². The molecule has 0 aliphatic heterocycles. The van der Waals surface area contributed by atoms with E-state index in [1.807, 2.05) is 0 Å². The van der Waals surface area contributed by atoms with Crippen LogP contribution in [0.4, 0.5) is 0 Å². The smallest absolute Gasteiger partial charge is 0.0462 e. The van der Waals surface area contributed by atoms with E-state index in [-0.39, 0.29) is 0 Å². The molecule has 1 unspecified atom stereocenters. The van der Waals surface area contributed by atoms with Gasteiger partial charge in [0.2, 0.25) is 0 Å². The summed E-state index contributed by atoms with van der Waals surface area (Å²) in [6.45, 7) is 0.921. The van der Waals surface area contributed by atoms with Crippen LogP contribution in [0.1, 0.15) is 44.9 Å². The first-order valence-corrected chi connectivity index (χ1v) is 6.39. The van der Waals surface area contributed by atoms with Crippen molar-refractivity contribution in [1.29, 1.82) is 0 Å². The summed E-state index contributed by atoms with van der Waals surface area (Å²) >= 11 is 3.82. The van der Waals surface area contributed by atoms with Gasteiger partial charge in [0.25, 0.3) is 0 Å². The molecular weight excluding hydrogens is 228 g/mol. The molecule has 1 fully saturated rings. The zero-order valence-corrected chi connectivity index (χ0v) is 10.2. The molecule has 0 aromatic rings. The van der Waals surface area contributed by atoms with Crippen LogP contribution in [0, 0.1) is 5.92 Å². The maximum absolute atomic E-state index is 5.03. The summed E-state index contributed by atoms with van der Waals surface area (Å²) in [5.74, 6) is 0.961. The molecule has 0 heterocycles. The quantitative estimate of drug-likeness (QED) is 0.514. The molecule has 0 aromatic carbocycles. The minimum atomic E-state index is 0.770. The number of ether oxygens (including phenoxy) is 1. The van der Waals surface area contributed by atoms with Crippen molar-refractivity contribution in [2.24, 2.45) is 5.92 Å². The predicted octanol–water partition coefficient (Wildman–Crippen LogP) is 3.76. The van der Waals surface area contributed by atoms with Crippen molar-refractivity contribution < 1.29 is 4.74 Å². The molecule has 0 radical (unpaired) electrons. The summed E-state index contributed by atoms with van der Waals surface area (Å²) in [5.41, 5.74) is 0. The molecule has 0 bridgehead atoms. The van der Waals surface area contributed by atoms with E-state index in [0.717, 1.165) is 17.4 Å². The van der Waals surface area contributed by atoms with Crippen molar-refractivity contribution in [2.45, 2.75) is 49.8 Å². The highest BCUT2D eigenvalue weighted by molar-refractivity contribution is 9.09. The van der Waals surface area contributed by atoms with E-state index in [9.17, 15) is 0 Å².